The summed E-state index contributed by atoms with van der Waals surface area (Å²) in [4.78, 5) is 23.9. The first-order chi connectivity index (χ1) is 13.5. The molecule has 4 rings (SSSR count). The largest absolute Gasteiger partial charge is 0.465 e. The zero-order valence-electron chi connectivity index (χ0n) is 16.2. The molecule has 1 aromatic heterocycles. The number of hydrogen-bond donors (Lipinski definition) is 0. The van der Waals surface area contributed by atoms with Gasteiger partial charge in [-0.15, -0.1) is 0 Å². The van der Waals surface area contributed by atoms with Crippen molar-refractivity contribution in [2.45, 2.75) is 32.7 Å². The molecule has 1 aliphatic heterocycles. The Morgan fingerprint density at radius 2 is 2.00 bits per heavy atom. The van der Waals surface area contributed by atoms with E-state index in [1.807, 2.05) is 6.92 Å². The quantitative estimate of drug-likeness (QED) is 0.626. The van der Waals surface area contributed by atoms with Gasteiger partial charge in [0, 0.05) is 18.2 Å². The van der Waals surface area contributed by atoms with Gasteiger partial charge in [-0.2, -0.15) is 0 Å². The standard InChI is InChI=1S/C22H22FN3O2/c1-13-11-16(23)7-8-17(13)20-21(26-10-4-5-14(26)2)25-19-12-15(22(27)28-3)6-9-18(19)24-20/h6-9,11-12,14H,4-5,10H2,1-3H3. The van der Waals surface area contributed by atoms with Crippen LogP contribution in [0.2, 0.25) is 0 Å². The molecule has 0 aliphatic carbocycles. The van der Waals surface area contributed by atoms with Crippen LogP contribution in [-0.4, -0.2) is 35.6 Å². The van der Waals surface area contributed by atoms with Crippen LogP contribution in [0.5, 0.6) is 0 Å². The number of rotatable bonds is 3. The second-order valence-corrected chi connectivity index (χ2v) is 7.23. The van der Waals surface area contributed by atoms with E-state index in [9.17, 15) is 9.18 Å². The van der Waals surface area contributed by atoms with Crippen molar-refractivity contribution in [3.63, 3.8) is 0 Å². The van der Waals surface area contributed by atoms with Crippen LogP contribution in [0.4, 0.5) is 10.2 Å². The highest BCUT2D eigenvalue weighted by molar-refractivity contribution is 5.94. The van der Waals surface area contributed by atoms with Gasteiger partial charge in [0.15, 0.2) is 5.82 Å². The maximum atomic E-state index is 13.6. The Kier molecular flexibility index (Phi) is 4.71. The minimum atomic E-state index is -0.404. The number of aryl methyl sites for hydroxylation is 1. The molecule has 1 aliphatic rings. The van der Waals surface area contributed by atoms with Crippen molar-refractivity contribution in [3.8, 4) is 11.3 Å². The number of anilines is 1. The van der Waals surface area contributed by atoms with Crippen molar-refractivity contribution < 1.29 is 13.9 Å². The zero-order valence-corrected chi connectivity index (χ0v) is 16.2. The normalized spacial score (nSPS) is 16.6. The lowest BCUT2D eigenvalue weighted by Gasteiger charge is -2.25. The Bertz CT molecular complexity index is 1070. The third-order valence-corrected chi connectivity index (χ3v) is 5.34. The first-order valence-corrected chi connectivity index (χ1v) is 9.41. The number of ether oxygens (including phenoxy) is 1. The highest BCUT2D eigenvalue weighted by Crippen LogP contribution is 2.35. The maximum Gasteiger partial charge on any atom is 0.337 e. The molecule has 0 N–H and O–H groups in total. The smallest absolute Gasteiger partial charge is 0.337 e. The van der Waals surface area contributed by atoms with E-state index in [1.165, 1.54) is 19.2 Å². The number of carbonyl (C=O) groups is 1. The van der Waals surface area contributed by atoms with E-state index in [1.54, 1.807) is 24.3 Å². The summed E-state index contributed by atoms with van der Waals surface area (Å²) in [6.07, 6.45) is 2.18. The van der Waals surface area contributed by atoms with E-state index < -0.39 is 5.97 Å². The van der Waals surface area contributed by atoms with Crippen molar-refractivity contribution in [2.24, 2.45) is 0 Å². The average molecular weight is 379 g/mol. The number of aromatic nitrogens is 2. The number of halogens is 1. The second-order valence-electron chi connectivity index (χ2n) is 7.23. The van der Waals surface area contributed by atoms with Gasteiger partial charge in [-0.1, -0.05) is 0 Å². The highest BCUT2D eigenvalue weighted by atomic mass is 19.1. The first kappa shape index (κ1) is 18.3. The molecule has 1 unspecified atom stereocenters. The summed E-state index contributed by atoms with van der Waals surface area (Å²) in [5, 5.41) is 0. The van der Waals surface area contributed by atoms with Gasteiger partial charge in [-0.05, 0) is 68.7 Å². The van der Waals surface area contributed by atoms with Gasteiger partial charge < -0.3 is 9.64 Å². The number of hydrogen-bond acceptors (Lipinski definition) is 5. The first-order valence-electron chi connectivity index (χ1n) is 9.41. The molecule has 2 heterocycles. The molecule has 5 nitrogen and oxygen atoms in total. The summed E-state index contributed by atoms with van der Waals surface area (Å²) in [5.74, 6) is 0.0984. The summed E-state index contributed by atoms with van der Waals surface area (Å²) in [5.41, 5.74) is 4.18. The van der Waals surface area contributed by atoms with Crippen LogP contribution >= 0.6 is 0 Å². The fourth-order valence-electron chi connectivity index (χ4n) is 3.81. The molecule has 0 bridgehead atoms. The van der Waals surface area contributed by atoms with Crippen molar-refractivity contribution in [2.75, 3.05) is 18.6 Å². The fourth-order valence-corrected chi connectivity index (χ4v) is 3.81. The van der Waals surface area contributed by atoms with Gasteiger partial charge in [-0.25, -0.2) is 19.2 Å². The summed E-state index contributed by atoms with van der Waals surface area (Å²) in [7, 11) is 1.36. The van der Waals surface area contributed by atoms with Crippen LogP contribution in [0, 0.1) is 12.7 Å². The number of benzene rings is 2. The minimum Gasteiger partial charge on any atom is -0.465 e. The van der Waals surface area contributed by atoms with E-state index in [4.69, 9.17) is 14.7 Å². The molecule has 0 spiro atoms. The zero-order chi connectivity index (χ0) is 19.8. The summed E-state index contributed by atoms with van der Waals surface area (Å²) < 4.78 is 18.5. The van der Waals surface area contributed by atoms with E-state index in [0.29, 0.717) is 22.6 Å². The lowest BCUT2D eigenvalue weighted by Crippen LogP contribution is -2.28. The molecule has 28 heavy (non-hydrogen) atoms. The van der Waals surface area contributed by atoms with E-state index >= 15 is 0 Å². The van der Waals surface area contributed by atoms with Gasteiger partial charge in [0.25, 0.3) is 0 Å². The van der Waals surface area contributed by atoms with Crippen LogP contribution in [0.15, 0.2) is 36.4 Å². The molecule has 0 amide bonds. The molecular weight excluding hydrogens is 357 g/mol. The molecule has 1 saturated heterocycles. The van der Waals surface area contributed by atoms with Gasteiger partial charge >= 0.3 is 5.97 Å². The Morgan fingerprint density at radius 1 is 1.18 bits per heavy atom. The third kappa shape index (κ3) is 3.19. The third-order valence-electron chi connectivity index (χ3n) is 5.34. The number of esters is 1. The number of methoxy groups -OCH3 is 1. The molecule has 144 valence electrons. The summed E-state index contributed by atoms with van der Waals surface area (Å²) in [6.45, 7) is 4.94. The predicted octanol–water partition coefficient (Wildman–Crippen LogP) is 4.52. The summed E-state index contributed by atoms with van der Waals surface area (Å²) >= 11 is 0. The van der Waals surface area contributed by atoms with Gasteiger partial charge in [0.2, 0.25) is 0 Å². The van der Waals surface area contributed by atoms with Crippen LogP contribution in [-0.2, 0) is 4.74 Å². The Hall–Kier alpha value is -3.02. The number of carbonyl (C=O) groups excluding carboxylic acids is 1. The van der Waals surface area contributed by atoms with Gasteiger partial charge in [0.05, 0.1) is 23.7 Å². The molecule has 1 atom stereocenters. The lowest BCUT2D eigenvalue weighted by atomic mass is 10.0. The van der Waals surface area contributed by atoms with Crippen LogP contribution in [0.25, 0.3) is 22.3 Å². The molecule has 0 radical (unpaired) electrons. The Balaban J connectivity index is 1.95. The predicted molar refractivity (Wildman–Crippen MR) is 107 cm³/mol. The van der Waals surface area contributed by atoms with Crippen molar-refractivity contribution >= 4 is 22.8 Å². The fraction of sp³-hybridized carbons (Fsp3) is 0.318. The monoisotopic (exact) mass is 379 g/mol. The molecule has 1 fully saturated rings. The average Bonchev–Trinajstić information content (AvgIpc) is 3.11. The Morgan fingerprint density at radius 3 is 2.68 bits per heavy atom. The van der Waals surface area contributed by atoms with E-state index in [-0.39, 0.29) is 5.82 Å². The molecule has 0 saturated carbocycles. The minimum absolute atomic E-state index is 0.270. The van der Waals surface area contributed by atoms with Crippen LogP contribution in [0.3, 0.4) is 0 Å². The van der Waals surface area contributed by atoms with Crippen molar-refractivity contribution in [1.29, 1.82) is 0 Å². The SMILES string of the molecule is COC(=O)c1ccc2nc(-c3ccc(F)cc3C)c(N3CCCC3C)nc2c1. The van der Waals surface area contributed by atoms with Gasteiger partial charge in [-0.3, -0.25) is 0 Å². The lowest BCUT2D eigenvalue weighted by molar-refractivity contribution is 0.0601. The number of fused-ring (bicyclic) bond motifs is 1. The maximum absolute atomic E-state index is 13.6. The van der Waals surface area contributed by atoms with Crippen molar-refractivity contribution in [1.82, 2.24) is 9.97 Å². The second kappa shape index (κ2) is 7.19. The molecule has 3 aromatic rings. The summed E-state index contributed by atoms with van der Waals surface area (Å²) in [6, 6.07) is 10.2. The topological polar surface area (TPSA) is 55.3 Å². The van der Waals surface area contributed by atoms with Gasteiger partial charge in [0.1, 0.15) is 11.5 Å². The Labute approximate surface area is 163 Å². The molecule has 6 heteroatoms. The molecule has 2 aromatic carbocycles. The van der Waals surface area contributed by atoms with E-state index in [2.05, 4.69) is 11.8 Å². The number of nitrogens with zero attached hydrogens (tertiary/aromatic N) is 3. The van der Waals surface area contributed by atoms with Crippen LogP contribution < -0.4 is 4.90 Å². The molecular formula is C22H22FN3O2. The highest BCUT2D eigenvalue weighted by Gasteiger charge is 2.26. The van der Waals surface area contributed by atoms with Crippen LogP contribution in [0.1, 0.15) is 35.7 Å². The van der Waals surface area contributed by atoms with Crippen molar-refractivity contribution in [3.05, 3.63) is 53.3 Å². The van der Waals surface area contributed by atoms with E-state index in [0.717, 1.165) is 42.0 Å².